The number of carbonyl (C=O) groups excluding carboxylic acids is 1. The van der Waals surface area contributed by atoms with E-state index in [1.54, 1.807) is 36.6 Å². The molecule has 0 spiro atoms. The van der Waals surface area contributed by atoms with Crippen LogP contribution in [0.1, 0.15) is 37.0 Å². The molecule has 1 N–H and O–H groups in total. The van der Waals surface area contributed by atoms with Crippen molar-refractivity contribution >= 4 is 17.7 Å². The van der Waals surface area contributed by atoms with Gasteiger partial charge in [-0.2, -0.15) is 13.2 Å². The summed E-state index contributed by atoms with van der Waals surface area (Å²) in [4.78, 5) is 14.7. The van der Waals surface area contributed by atoms with Crippen molar-refractivity contribution in [3.8, 4) is 0 Å². The lowest BCUT2D eigenvalue weighted by Crippen LogP contribution is -2.63. The Morgan fingerprint density at radius 2 is 1.96 bits per heavy atom. The second-order valence-electron chi connectivity index (χ2n) is 7.24. The lowest BCUT2D eigenvalue weighted by molar-refractivity contribution is -0.137. The fraction of sp³-hybridized carbons (Fsp3) is 0.381. The summed E-state index contributed by atoms with van der Waals surface area (Å²) in [5, 5.41) is 3.45. The molecule has 0 radical (unpaired) electrons. The van der Waals surface area contributed by atoms with Gasteiger partial charge < -0.3 is 4.42 Å². The van der Waals surface area contributed by atoms with Crippen molar-refractivity contribution in [3.63, 3.8) is 0 Å². The molecule has 3 atom stereocenters. The van der Waals surface area contributed by atoms with Gasteiger partial charge in [0.15, 0.2) is 0 Å². The summed E-state index contributed by atoms with van der Waals surface area (Å²) >= 11 is 0. The maximum Gasteiger partial charge on any atom is 0.416 e. The van der Waals surface area contributed by atoms with Gasteiger partial charge >= 0.3 is 6.18 Å². The molecular formula is C21H21F3N2O2. The number of fused-ring (bicyclic) bond motifs is 1. The molecule has 1 amide bonds. The number of halogens is 3. The summed E-state index contributed by atoms with van der Waals surface area (Å²) in [7, 11) is 0. The van der Waals surface area contributed by atoms with Gasteiger partial charge in [0.1, 0.15) is 11.9 Å². The minimum atomic E-state index is -4.46. The van der Waals surface area contributed by atoms with Crippen LogP contribution in [0, 0.1) is 5.92 Å². The highest BCUT2D eigenvalue weighted by atomic mass is 19.4. The molecule has 2 heterocycles. The number of hydrogen-bond donors (Lipinski definition) is 1. The first-order valence-corrected chi connectivity index (χ1v) is 9.41. The quantitative estimate of drug-likeness (QED) is 0.816. The van der Waals surface area contributed by atoms with E-state index in [9.17, 15) is 18.0 Å². The first-order valence-electron chi connectivity index (χ1n) is 9.41. The Morgan fingerprint density at radius 3 is 2.71 bits per heavy atom. The summed E-state index contributed by atoms with van der Waals surface area (Å²) in [5.74, 6) is 0.275. The first-order chi connectivity index (χ1) is 13.4. The van der Waals surface area contributed by atoms with Gasteiger partial charge in [-0.05, 0) is 55.3 Å². The minimum absolute atomic E-state index is 0.0366. The van der Waals surface area contributed by atoms with Crippen molar-refractivity contribution in [2.24, 2.45) is 5.92 Å². The topological polar surface area (TPSA) is 45.5 Å². The number of anilines is 1. The Balaban J connectivity index is 1.70. The largest absolute Gasteiger partial charge is 0.465 e. The molecule has 1 aliphatic heterocycles. The van der Waals surface area contributed by atoms with Crippen molar-refractivity contribution in [1.29, 1.82) is 0 Å². The monoisotopic (exact) mass is 390 g/mol. The number of rotatable bonds is 3. The van der Waals surface area contributed by atoms with Crippen LogP contribution in [0.25, 0.3) is 6.08 Å². The average molecular weight is 390 g/mol. The second kappa shape index (κ2) is 7.47. The number of carbonyl (C=O) groups is 1. The SMILES string of the molecule is O=C1C2CCCCC2NC(/C=C/c2ccco2)N1c1cccc(C(F)(F)F)c1. The normalized spacial score (nSPS) is 25.9. The summed E-state index contributed by atoms with van der Waals surface area (Å²) < 4.78 is 44.9. The zero-order valence-corrected chi connectivity index (χ0v) is 15.2. The molecule has 148 valence electrons. The van der Waals surface area contributed by atoms with E-state index in [0.717, 1.165) is 37.8 Å². The van der Waals surface area contributed by atoms with Gasteiger partial charge in [0.2, 0.25) is 5.91 Å². The third-order valence-electron chi connectivity index (χ3n) is 5.42. The number of furan rings is 1. The van der Waals surface area contributed by atoms with Crippen LogP contribution in [0.4, 0.5) is 18.9 Å². The van der Waals surface area contributed by atoms with Crippen LogP contribution in [0.5, 0.6) is 0 Å². The molecule has 4 rings (SSSR count). The van der Waals surface area contributed by atoms with E-state index in [4.69, 9.17) is 4.42 Å². The van der Waals surface area contributed by atoms with Crippen molar-refractivity contribution in [2.75, 3.05) is 4.90 Å². The van der Waals surface area contributed by atoms with Crippen LogP contribution in [-0.2, 0) is 11.0 Å². The molecule has 1 aromatic carbocycles. The molecule has 7 heteroatoms. The van der Waals surface area contributed by atoms with E-state index in [2.05, 4.69) is 5.32 Å². The van der Waals surface area contributed by atoms with E-state index >= 15 is 0 Å². The predicted octanol–water partition coefficient (Wildman–Crippen LogP) is 4.83. The van der Waals surface area contributed by atoms with Crippen molar-refractivity contribution in [1.82, 2.24) is 5.32 Å². The Labute approximate surface area is 161 Å². The molecule has 4 nitrogen and oxygen atoms in total. The van der Waals surface area contributed by atoms with Gasteiger partial charge in [0.25, 0.3) is 0 Å². The molecule has 1 saturated heterocycles. The summed E-state index contributed by atoms with van der Waals surface area (Å²) in [5.41, 5.74) is -0.525. The maximum absolute atomic E-state index is 13.2. The van der Waals surface area contributed by atoms with Gasteiger partial charge in [0, 0.05) is 11.7 Å². The zero-order chi connectivity index (χ0) is 19.7. The van der Waals surface area contributed by atoms with Crippen LogP contribution in [-0.4, -0.2) is 18.1 Å². The van der Waals surface area contributed by atoms with Gasteiger partial charge in [-0.25, -0.2) is 0 Å². The molecule has 2 fully saturated rings. The maximum atomic E-state index is 13.2. The lowest BCUT2D eigenvalue weighted by atomic mass is 9.81. The van der Waals surface area contributed by atoms with Crippen molar-refractivity contribution in [3.05, 3.63) is 60.1 Å². The molecule has 28 heavy (non-hydrogen) atoms. The molecule has 2 aromatic rings. The van der Waals surface area contributed by atoms with Crippen LogP contribution in [0.2, 0.25) is 0 Å². The summed E-state index contributed by atoms with van der Waals surface area (Å²) in [6, 6.07) is 8.51. The van der Waals surface area contributed by atoms with Crippen molar-refractivity contribution < 1.29 is 22.4 Å². The molecule has 0 bridgehead atoms. The predicted molar refractivity (Wildman–Crippen MR) is 99.3 cm³/mol. The fourth-order valence-electron chi connectivity index (χ4n) is 4.07. The molecule has 1 aromatic heterocycles. The van der Waals surface area contributed by atoms with Gasteiger partial charge in [0.05, 0.1) is 17.7 Å². The zero-order valence-electron chi connectivity index (χ0n) is 15.2. The Kier molecular flexibility index (Phi) is 5.02. The average Bonchev–Trinajstić information content (AvgIpc) is 3.19. The third kappa shape index (κ3) is 3.71. The molecular weight excluding hydrogens is 369 g/mol. The highest BCUT2D eigenvalue weighted by Gasteiger charge is 2.42. The van der Waals surface area contributed by atoms with Gasteiger partial charge in [-0.1, -0.05) is 18.9 Å². The van der Waals surface area contributed by atoms with E-state index in [1.807, 2.05) is 0 Å². The standard InChI is InChI=1S/C21H21F3N2O2/c22-21(23,24)14-5-3-6-15(13-14)26-19(11-10-16-7-4-12-28-16)25-18-9-2-1-8-17(18)20(26)27/h3-7,10-13,17-19,25H,1-2,8-9H2/b11-10+. The van der Waals surface area contributed by atoms with Crippen molar-refractivity contribution in [2.45, 2.75) is 44.1 Å². The molecule has 1 saturated carbocycles. The molecule has 2 aliphatic rings. The smallest absolute Gasteiger partial charge is 0.416 e. The Morgan fingerprint density at radius 1 is 1.14 bits per heavy atom. The fourth-order valence-corrected chi connectivity index (χ4v) is 4.07. The number of amides is 1. The van der Waals surface area contributed by atoms with E-state index < -0.39 is 17.9 Å². The van der Waals surface area contributed by atoms with Crippen LogP contribution in [0.15, 0.2) is 53.2 Å². The highest BCUT2D eigenvalue weighted by Crippen LogP contribution is 2.36. The van der Waals surface area contributed by atoms with Gasteiger partial charge in [-0.3, -0.25) is 15.0 Å². The van der Waals surface area contributed by atoms with Crippen LogP contribution in [0.3, 0.4) is 0 Å². The van der Waals surface area contributed by atoms with Crippen LogP contribution < -0.4 is 10.2 Å². The number of nitrogens with zero attached hydrogens (tertiary/aromatic N) is 1. The van der Waals surface area contributed by atoms with E-state index in [0.29, 0.717) is 5.76 Å². The number of benzene rings is 1. The lowest BCUT2D eigenvalue weighted by Gasteiger charge is -2.45. The number of alkyl halides is 3. The minimum Gasteiger partial charge on any atom is -0.465 e. The second-order valence-corrected chi connectivity index (χ2v) is 7.24. The Bertz CT molecular complexity index is 861. The summed E-state index contributed by atoms with van der Waals surface area (Å²) in [6.07, 6.45) is 3.67. The number of hydrogen-bond acceptors (Lipinski definition) is 3. The van der Waals surface area contributed by atoms with E-state index in [1.165, 1.54) is 11.0 Å². The van der Waals surface area contributed by atoms with Gasteiger partial charge in [-0.15, -0.1) is 0 Å². The highest BCUT2D eigenvalue weighted by molar-refractivity contribution is 5.97. The number of nitrogens with one attached hydrogen (secondary N) is 1. The third-order valence-corrected chi connectivity index (χ3v) is 5.42. The van der Waals surface area contributed by atoms with E-state index in [-0.39, 0.29) is 23.6 Å². The first kappa shape index (κ1) is 18.8. The molecule has 1 aliphatic carbocycles. The Hall–Kier alpha value is -2.54. The summed E-state index contributed by atoms with van der Waals surface area (Å²) in [6.45, 7) is 0. The molecule has 3 unspecified atom stereocenters. The van der Waals surface area contributed by atoms with Crippen LogP contribution >= 0.6 is 0 Å².